The van der Waals surface area contributed by atoms with Gasteiger partial charge in [0.25, 0.3) is 5.91 Å². The molecule has 0 unspecified atom stereocenters. The van der Waals surface area contributed by atoms with Crippen LogP contribution >= 0.6 is 0 Å². The fourth-order valence-electron chi connectivity index (χ4n) is 2.95. The van der Waals surface area contributed by atoms with E-state index in [-0.39, 0.29) is 5.91 Å². The molecule has 1 N–H and O–H groups in total. The summed E-state index contributed by atoms with van der Waals surface area (Å²) in [5, 5.41) is 7.38. The Kier molecular flexibility index (Phi) is 4.42. The van der Waals surface area contributed by atoms with E-state index in [1.807, 2.05) is 23.0 Å². The number of rotatable bonds is 5. The number of carbonyl (C=O) groups is 1. The number of hydrogen-bond donors (Lipinski definition) is 1. The zero-order valence-corrected chi connectivity index (χ0v) is 12.8. The Morgan fingerprint density at radius 3 is 3.00 bits per heavy atom. The van der Waals surface area contributed by atoms with Crippen LogP contribution in [0.5, 0.6) is 5.75 Å². The van der Waals surface area contributed by atoms with E-state index in [9.17, 15) is 4.79 Å². The van der Waals surface area contributed by atoms with Gasteiger partial charge >= 0.3 is 0 Å². The fourth-order valence-corrected chi connectivity index (χ4v) is 2.95. The Balaban J connectivity index is 1.59. The molecule has 0 aliphatic heterocycles. The highest BCUT2D eigenvalue weighted by Crippen LogP contribution is 2.20. The predicted octanol–water partition coefficient (Wildman–Crippen LogP) is 2.20. The molecule has 0 saturated heterocycles. The third-order valence-electron chi connectivity index (χ3n) is 4.11. The molecule has 0 bridgehead atoms. The van der Waals surface area contributed by atoms with Gasteiger partial charge in [0, 0.05) is 12.2 Å². The molecule has 0 saturated carbocycles. The first-order valence-corrected chi connectivity index (χ1v) is 7.74. The largest absolute Gasteiger partial charge is 0.496 e. The smallest absolute Gasteiger partial charge is 0.255 e. The van der Waals surface area contributed by atoms with Crippen LogP contribution in [0, 0.1) is 0 Å². The molecule has 0 fully saturated rings. The van der Waals surface area contributed by atoms with Crippen LogP contribution in [-0.2, 0) is 19.4 Å². The number of aryl methyl sites for hydroxylation is 1. The van der Waals surface area contributed by atoms with Gasteiger partial charge in [-0.3, -0.25) is 9.48 Å². The van der Waals surface area contributed by atoms with E-state index in [0.717, 1.165) is 12.8 Å². The summed E-state index contributed by atoms with van der Waals surface area (Å²) in [6.07, 6.45) is 6.67. The number of aromatic nitrogens is 2. The van der Waals surface area contributed by atoms with Crippen molar-refractivity contribution in [3.8, 4) is 5.75 Å². The van der Waals surface area contributed by atoms with Crippen molar-refractivity contribution in [3.63, 3.8) is 0 Å². The van der Waals surface area contributed by atoms with Crippen molar-refractivity contribution in [1.29, 1.82) is 0 Å². The molecule has 116 valence electrons. The van der Waals surface area contributed by atoms with Crippen LogP contribution in [0.1, 0.15) is 34.5 Å². The van der Waals surface area contributed by atoms with E-state index in [4.69, 9.17) is 4.74 Å². The third-order valence-corrected chi connectivity index (χ3v) is 4.11. The highest BCUT2D eigenvalue weighted by atomic mass is 16.5. The summed E-state index contributed by atoms with van der Waals surface area (Å²) in [4.78, 5) is 12.2. The molecule has 22 heavy (non-hydrogen) atoms. The van der Waals surface area contributed by atoms with Gasteiger partial charge < -0.3 is 10.1 Å². The van der Waals surface area contributed by atoms with Crippen LogP contribution in [0.4, 0.5) is 0 Å². The molecule has 5 nitrogen and oxygen atoms in total. The second-order valence-corrected chi connectivity index (χ2v) is 5.50. The Morgan fingerprint density at radius 2 is 2.14 bits per heavy atom. The number of ether oxygens (including phenoxy) is 1. The molecular weight excluding hydrogens is 278 g/mol. The molecule has 1 heterocycles. The molecule has 2 aromatic rings. The summed E-state index contributed by atoms with van der Waals surface area (Å²) in [6.45, 7) is 1.27. The van der Waals surface area contributed by atoms with Gasteiger partial charge in [-0.1, -0.05) is 12.1 Å². The number of nitrogens with zero attached hydrogens (tertiary/aromatic N) is 2. The first-order chi connectivity index (χ1) is 10.8. The van der Waals surface area contributed by atoms with E-state index in [1.54, 1.807) is 19.2 Å². The minimum atomic E-state index is -0.113. The number of fused-ring (bicyclic) bond motifs is 1. The number of para-hydroxylation sites is 1. The van der Waals surface area contributed by atoms with Crippen molar-refractivity contribution in [2.24, 2.45) is 0 Å². The molecule has 3 rings (SSSR count). The topological polar surface area (TPSA) is 56.1 Å². The average Bonchev–Trinajstić information content (AvgIpc) is 2.98. The number of hydrogen-bond acceptors (Lipinski definition) is 3. The maximum Gasteiger partial charge on any atom is 0.255 e. The first-order valence-electron chi connectivity index (χ1n) is 7.74. The zero-order chi connectivity index (χ0) is 15.4. The number of amides is 1. The Labute approximate surface area is 130 Å². The molecule has 1 aliphatic rings. The quantitative estimate of drug-likeness (QED) is 0.921. The van der Waals surface area contributed by atoms with Gasteiger partial charge in [-0.15, -0.1) is 0 Å². The standard InChI is InChI=1S/C17H21N3O2/c1-22-16-9-5-3-7-14(16)17(21)18-10-11-20-15-8-4-2-6-13(15)12-19-20/h3,5,7,9,12H,2,4,6,8,10-11H2,1H3,(H,18,21). The van der Waals surface area contributed by atoms with Crippen LogP contribution in [-0.4, -0.2) is 29.3 Å². The minimum Gasteiger partial charge on any atom is -0.496 e. The number of carbonyl (C=O) groups excluding carboxylic acids is 1. The molecule has 5 heteroatoms. The van der Waals surface area contributed by atoms with Crippen molar-refractivity contribution < 1.29 is 9.53 Å². The van der Waals surface area contributed by atoms with E-state index < -0.39 is 0 Å². The van der Waals surface area contributed by atoms with Gasteiger partial charge in [-0.25, -0.2) is 0 Å². The van der Waals surface area contributed by atoms with Gasteiger partial charge in [0.2, 0.25) is 0 Å². The van der Waals surface area contributed by atoms with Gasteiger partial charge in [0.05, 0.1) is 25.4 Å². The van der Waals surface area contributed by atoms with Crippen molar-refractivity contribution >= 4 is 5.91 Å². The summed E-state index contributed by atoms with van der Waals surface area (Å²) < 4.78 is 7.24. The van der Waals surface area contributed by atoms with Crippen molar-refractivity contribution in [3.05, 3.63) is 47.3 Å². The minimum absolute atomic E-state index is 0.113. The van der Waals surface area contributed by atoms with Gasteiger partial charge in [-0.2, -0.15) is 5.10 Å². The third kappa shape index (κ3) is 2.98. The number of benzene rings is 1. The van der Waals surface area contributed by atoms with E-state index >= 15 is 0 Å². The van der Waals surface area contributed by atoms with Crippen molar-refractivity contribution in [1.82, 2.24) is 15.1 Å². The lowest BCUT2D eigenvalue weighted by Gasteiger charge is -2.14. The monoisotopic (exact) mass is 299 g/mol. The van der Waals surface area contributed by atoms with E-state index in [1.165, 1.54) is 24.1 Å². The van der Waals surface area contributed by atoms with Crippen LogP contribution in [0.3, 0.4) is 0 Å². The van der Waals surface area contributed by atoms with Crippen molar-refractivity contribution in [2.75, 3.05) is 13.7 Å². The van der Waals surface area contributed by atoms with Crippen LogP contribution in [0.25, 0.3) is 0 Å². The molecule has 0 spiro atoms. The SMILES string of the molecule is COc1ccccc1C(=O)NCCn1ncc2c1CCCC2. The summed E-state index contributed by atoms with van der Waals surface area (Å²) >= 11 is 0. The summed E-state index contributed by atoms with van der Waals surface area (Å²) in [5.41, 5.74) is 3.26. The maximum absolute atomic E-state index is 12.2. The summed E-state index contributed by atoms with van der Waals surface area (Å²) in [6, 6.07) is 7.25. The molecule has 0 atom stereocenters. The Bertz CT molecular complexity index is 664. The summed E-state index contributed by atoms with van der Waals surface area (Å²) in [7, 11) is 1.57. The van der Waals surface area contributed by atoms with E-state index in [2.05, 4.69) is 10.4 Å². The van der Waals surface area contributed by atoms with Gasteiger partial charge in [0.15, 0.2) is 0 Å². The van der Waals surface area contributed by atoms with Crippen LogP contribution in [0.15, 0.2) is 30.5 Å². The lowest BCUT2D eigenvalue weighted by molar-refractivity contribution is 0.0949. The number of methoxy groups -OCH3 is 1. The lowest BCUT2D eigenvalue weighted by atomic mass is 9.98. The van der Waals surface area contributed by atoms with Crippen LogP contribution < -0.4 is 10.1 Å². The predicted molar refractivity (Wildman–Crippen MR) is 84.2 cm³/mol. The zero-order valence-electron chi connectivity index (χ0n) is 12.8. The highest BCUT2D eigenvalue weighted by molar-refractivity contribution is 5.96. The second kappa shape index (κ2) is 6.64. The normalized spacial score (nSPS) is 13.5. The van der Waals surface area contributed by atoms with Crippen molar-refractivity contribution in [2.45, 2.75) is 32.2 Å². The average molecular weight is 299 g/mol. The van der Waals surface area contributed by atoms with Crippen LogP contribution in [0.2, 0.25) is 0 Å². The van der Waals surface area contributed by atoms with Gasteiger partial charge in [0.1, 0.15) is 5.75 Å². The first kappa shape index (κ1) is 14.6. The highest BCUT2D eigenvalue weighted by Gasteiger charge is 2.15. The molecule has 1 amide bonds. The van der Waals surface area contributed by atoms with Gasteiger partial charge in [-0.05, 0) is 43.4 Å². The fraction of sp³-hybridized carbons (Fsp3) is 0.412. The molecular formula is C17H21N3O2. The second-order valence-electron chi connectivity index (χ2n) is 5.50. The van der Waals surface area contributed by atoms with E-state index in [0.29, 0.717) is 24.4 Å². The molecule has 1 aliphatic carbocycles. The lowest BCUT2D eigenvalue weighted by Crippen LogP contribution is -2.28. The Morgan fingerprint density at radius 1 is 1.32 bits per heavy atom. The maximum atomic E-state index is 12.2. The molecule has 0 radical (unpaired) electrons. The summed E-state index contributed by atoms with van der Waals surface area (Å²) in [5.74, 6) is 0.481. The Hall–Kier alpha value is -2.30. The number of nitrogens with one attached hydrogen (secondary N) is 1. The molecule has 1 aromatic heterocycles. The molecule has 1 aromatic carbocycles.